The van der Waals surface area contributed by atoms with E-state index in [4.69, 9.17) is 11.6 Å². The smallest absolute Gasteiger partial charge is 0.278 e. The third-order valence-corrected chi connectivity index (χ3v) is 4.47. The molecule has 17 heavy (non-hydrogen) atoms. The average Bonchev–Trinajstić information content (AvgIpc) is 2.77. The number of aromatic nitrogens is 2. The number of aromatic amines is 1. The lowest BCUT2D eigenvalue weighted by Gasteiger charge is -2.06. The van der Waals surface area contributed by atoms with Gasteiger partial charge in [0, 0.05) is 4.47 Å². The van der Waals surface area contributed by atoms with Crippen LogP contribution in [0.1, 0.15) is 0 Å². The lowest BCUT2D eigenvalue weighted by Crippen LogP contribution is -2.13. The Balaban J connectivity index is 2.30. The lowest BCUT2D eigenvalue weighted by atomic mass is 10.3. The van der Waals surface area contributed by atoms with E-state index >= 15 is 0 Å². The summed E-state index contributed by atoms with van der Waals surface area (Å²) < 4.78 is 26.7. The molecule has 1 aromatic carbocycles. The molecule has 0 fully saturated rings. The fourth-order valence-electron chi connectivity index (χ4n) is 1.16. The highest BCUT2D eigenvalue weighted by Crippen LogP contribution is 2.26. The molecule has 0 spiro atoms. The van der Waals surface area contributed by atoms with Crippen LogP contribution in [0.2, 0.25) is 5.02 Å². The predicted octanol–water partition coefficient (Wildman–Crippen LogP) is 2.63. The van der Waals surface area contributed by atoms with E-state index in [1.807, 2.05) is 0 Å². The van der Waals surface area contributed by atoms with Gasteiger partial charge in [0.25, 0.3) is 10.0 Å². The summed E-state index contributed by atoms with van der Waals surface area (Å²) in [4.78, 5) is 6.17. The number of hydrogen-bond donors (Lipinski definition) is 2. The zero-order valence-corrected chi connectivity index (χ0v) is 11.5. The van der Waals surface area contributed by atoms with Crippen LogP contribution in [0.15, 0.2) is 40.2 Å². The largest absolute Gasteiger partial charge is 0.334 e. The van der Waals surface area contributed by atoms with E-state index in [-0.39, 0.29) is 5.03 Å². The van der Waals surface area contributed by atoms with E-state index in [1.54, 1.807) is 12.1 Å². The van der Waals surface area contributed by atoms with E-state index in [2.05, 4.69) is 30.6 Å². The normalized spacial score (nSPS) is 11.4. The van der Waals surface area contributed by atoms with Crippen molar-refractivity contribution in [3.05, 3.63) is 40.2 Å². The van der Waals surface area contributed by atoms with Crippen molar-refractivity contribution in [1.82, 2.24) is 9.97 Å². The highest BCUT2D eigenvalue weighted by atomic mass is 79.9. The van der Waals surface area contributed by atoms with Crippen LogP contribution in [0.3, 0.4) is 0 Å². The minimum Gasteiger partial charge on any atom is -0.334 e. The van der Waals surface area contributed by atoms with E-state index in [0.717, 1.165) is 0 Å². The van der Waals surface area contributed by atoms with Gasteiger partial charge >= 0.3 is 0 Å². The monoisotopic (exact) mass is 335 g/mol. The van der Waals surface area contributed by atoms with Crippen LogP contribution >= 0.6 is 27.5 Å². The third kappa shape index (κ3) is 2.80. The van der Waals surface area contributed by atoms with Gasteiger partial charge in [0.05, 0.1) is 23.2 Å². The van der Waals surface area contributed by atoms with Gasteiger partial charge in [-0.05, 0) is 34.1 Å². The molecule has 2 aromatic rings. The molecular weight excluding hydrogens is 330 g/mol. The minimum absolute atomic E-state index is 0.00320. The SMILES string of the molecule is O=S(=O)(Nc1ccc(Br)c(Cl)c1)c1cnc[nH]1. The number of anilines is 1. The maximum atomic E-state index is 11.8. The Morgan fingerprint density at radius 1 is 1.41 bits per heavy atom. The summed E-state index contributed by atoms with van der Waals surface area (Å²) in [6, 6.07) is 4.77. The summed E-state index contributed by atoms with van der Waals surface area (Å²) in [7, 11) is -3.64. The maximum Gasteiger partial charge on any atom is 0.278 e. The molecule has 0 unspecified atom stereocenters. The second kappa shape index (κ2) is 4.67. The highest BCUT2D eigenvalue weighted by Gasteiger charge is 2.15. The molecule has 1 heterocycles. The van der Waals surface area contributed by atoms with Gasteiger partial charge in [-0.3, -0.25) is 4.72 Å². The van der Waals surface area contributed by atoms with Crippen molar-refractivity contribution in [3.63, 3.8) is 0 Å². The van der Waals surface area contributed by atoms with Crippen LogP contribution in [0.25, 0.3) is 0 Å². The number of rotatable bonds is 3. The van der Waals surface area contributed by atoms with Crippen molar-refractivity contribution in [3.8, 4) is 0 Å². The standard InChI is InChI=1S/C9H7BrClN3O2S/c10-7-2-1-6(3-8(7)11)14-17(15,16)9-4-12-5-13-9/h1-5,14H,(H,12,13). The molecule has 8 heteroatoms. The molecule has 2 N–H and O–H groups in total. The number of hydrogen-bond acceptors (Lipinski definition) is 3. The van der Waals surface area contributed by atoms with Gasteiger partial charge in [-0.1, -0.05) is 11.6 Å². The number of H-pyrrole nitrogens is 1. The first kappa shape index (κ1) is 12.4. The van der Waals surface area contributed by atoms with Crippen LogP contribution in [-0.4, -0.2) is 18.4 Å². The lowest BCUT2D eigenvalue weighted by molar-refractivity contribution is 0.598. The Morgan fingerprint density at radius 3 is 2.76 bits per heavy atom. The molecule has 0 radical (unpaired) electrons. The molecule has 0 aliphatic heterocycles. The maximum absolute atomic E-state index is 11.8. The molecule has 0 atom stereocenters. The van der Waals surface area contributed by atoms with Crippen molar-refractivity contribution in [2.45, 2.75) is 5.03 Å². The van der Waals surface area contributed by atoms with Crippen LogP contribution in [0.5, 0.6) is 0 Å². The van der Waals surface area contributed by atoms with Gasteiger partial charge < -0.3 is 4.98 Å². The summed E-state index contributed by atoms with van der Waals surface area (Å²) in [5.41, 5.74) is 0.382. The van der Waals surface area contributed by atoms with Crippen molar-refractivity contribution >= 4 is 43.2 Å². The summed E-state index contributed by atoms with van der Waals surface area (Å²) >= 11 is 9.09. The molecule has 0 bridgehead atoms. The topological polar surface area (TPSA) is 74.8 Å². The Bertz CT molecular complexity index is 628. The van der Waals surface area contributed by atoms with E-state index in [9.17, 15) is 8.42 Å². The quantitative estimate of drug-likeness (QED) is 0.905. The van der Waals surface area contributed by atoms with E-state index < -0.39 is 10.0 Å². The Hall–Kier alpha value is -1.05. The predicted molar refractivity (Wildman–Crippen MR) is 68.5 cm³/mol. The van der Waals surface area contributed by atoms with Gasteiger partial charge in [-0.2, -0.15) is 8.42 Å². The molecule has 90 valence electrons. The summed E-state index contributed by atoms with van der Waals surface area (Å²) in [5.74, 6) is 0. The third-order valence-electron chi connectivity index (χ3n) is 1.93. The molecule has 0 aliphatic carbocycles. The van der Waals surface area contributed by atoms with Gasteiger partial charge in [-0.25, -0.2) is 4.98 Å². The van der Waals surface area contributed by atoms with Crippen molar-refractivity contribution in [2.75, 3.05) is 4.72 Å². The summed E-state index contributed by atoms with van der Waals surface area (Å²) in [6.45, 7) is 0. The second-order valence-corrected chi connectivity index (χ2v) is 6.06. The Labute approximate surface area is 111 Å². The molecule has 5 nitrogen and oxygen atoms in total. The minimum atomic E-state index is -3.64. The molecular formula is C9H7BrClN3O2S. The molecule has 2 rings (SSSR count). The number of sulfonamides is 1. The molecule has 0 aliphatic rings. The summed E-state index contributed by atoms with van der Waals surface area (Å²) in [5, 5.41) is 0.423. The van der Waals surface area contributed by atoms with E-state index in [0.29, 0.717) is 15.2 Å². The fraction of sp³-hybridized carbons (Fsp3) is 0. The van der Waals surface area contributed by atoms with Crippen LogP contribution in [0.4, 0.5) is 5.69 Å². The number of imidazole rings is 1. The number of benzene rings is 1. The van der Waals surface area contributed by atoms with Crippen molar-refractivity contribution in [1.29, 1.82) is 0 Å². The highest BCUT2D eigenvalue weighted by molar-refractivity contribution is 9.10. The van der Waals surface area contributed by atoms with Crippen molar-refractivity contribution < 1.29 is 8.42 Å². The molecule has 0 amide bonds. The Morgan fingerprint density at radius 2 is 2.18 bits per heavy atom. The van der Waals surface area contributed by atoms with Gasteiger partial charge in [0.15, 0.2) is 5.03 Å². The van der Waals surface area contributed by atoms with Crippen LogP contribution in [-0.2, 0) is 10.0 Å². The average molecular weight is 337 g/mol. The first-order chi connectivity index (χ1) is 7.99. The van der Waals surface area contributed by atoms with Crippen LogP contribution < -0.4 is 4.72 Å². The van der Waals surface area contributed by atoms with Gasteiger partial charge in [0.2, 0.25) is 0 Å². The van der Waals surface area contributed by atoms with Gasteiger partial charge in [-0.15, -0.1) is 0 Å². The fourth-order valence-corrected chi connectivity index (χ4v) is 2.54. The molecule has 0 saturated carbocycles. The number of halogens is 2. The zero-order valence-electron chi connectivity index (χ0n) is 8.31. The first-order valence-electron chi connectivity index (χ1n) is 4.45. The first-order valence-corrected chi connectivity index (χ1v) is 7.11. The number of nitrogens with zero attached hydrogens (tertiary/aromatic N) is 1. The van der Waals surface area contributed by atoms with E-state index in [1.165, 1.54) is 18.6 Å². The van der Waals surface area contributed by atoms with Gasteiger partial charge in [0.1, 0.15) is 0 Å². The molecule has 1 aromatic heterocycles. The second-order valence-electron chi connectivity index (χ2n) is 3.15. The summed E-state index contributed by atoms with van der Waals surface area (Å²) in [6.07, 6.45) is 2.52. The van der Waals surface area contributed by atoms with Crippen LogP contribution in [0, 0.1) is 0 Å². The zero-order chi connectivity index (χ0) is 12.5. The van der Waals surface area contributed by atoms with Crippen molar-refractivity contribution in [2.24, 2.45) is 0 Å². The number of nitrogens with one attached hydrogen (secondary N) is 2. The molecule has 0 saturated heterocycles. The Kier molecular flexibility index (Phi) is 3.41.